The van der Waals surface area contributed by atoms with Crippen molar-refractivity contribution in [2.24, 2.45) is 7.05 Å². The fourth-order valence-corrected chi connectivity index (χ4v) is 3.69. The van der Waals surface area contributed by atoms with Crippen LogP contribution in [0.2, 0.25) is 0 Å². The normalized spacial score (nSPS) is 19.5. The molecular weight excluding hydrogens is 328 g/mol. The minimum Gasteiger partial charge on any atom is -0.354 e. The van der Waals surface area contributed by atoms with Crippen molar-refractivity contribution in [1.82, 2.24) is 29.6 Å². The van der Waals surface area contributed by atoms with Crippen LogP contribution in [0.25, 0.3) is 11.0 Å². The molecule has 0 bridgehead atoms. The number of aromatic nitrogens is 5. The predicted octanol–water partition coefficient (Wildman–Crippen LogP) is 2.21. The van der Waals surface area contributed by atoms with Crippen LogP contribution in [0.1, 0.15) is 48.5 Å². The van der Waals surface area contributed by atoms with Crippen LogP contribution in [0, 0.1) is 13.8 Å². The first-order valence-corrected chi connectivity index (χ1v) is 8.99. The van der Waals surface area contributed by atoms with Crippen LogP contribution in [-0.4, -0.2) is 36.3 Å². The lowest BCUT2D eigenvalue weighted by atomic mass is 9.79. The maximum Gasteiger partial charge on any atom is 0.217 e. The molecule has 1 N–H and O–H groups in total. The molecule has 1 saturated carbocycles. The van der Waals surface area contributed by atoms with E-state index in [4.69, 9.17) is 0 Å². The van der Waals surface area contributed by atoms with Crippen molar-refractivity contribution < 1.29 is 4.79 Å². The molecule has 1 fully saturated rings. The van der Waals surface area contributed by atoms with Crippen LogP contribution >= 0.6 is 0 Å². The summed E-state index contributed by atoms with van der Waals surface area (Å²) in [5.74, 6) is 2.31. The zero-order chi connectivity index (χ0) is 18.4. The Morgan fingerprint density at radius 2 is 1.96 bits per heavy atom. The second kappa shape index (κ2) is 6.23. The predicted molar refractivity (Wildman–Crippen MR) is 98.9 cm³/mol. The van der Waals surface area contributed by atoms with Gasteiger partial charge in [0.2, 0.25) is 5.91 Å². The Bertz CT molecular complexity index is 979. The number of carbonyl (C=O) groups excluding carboxylic acids is 1. The lowest BCUT2D eigenvalue weighted by Gasteiger charge is -2.34. The van der Waals surface area contributed by atoms with E-state index in [1.54, 1.807) is 6.92 Å². The number of aryl methyl sites for hydroxylation is 2. The van der Waals surface area contributed by atoms with Gasteiger partial charge in [-0.2, -0.15) is 0 Å². The fraction of sp³-hybridized carbons (Fsp3) is 0.474. The van der Waals surface area contributed by atoms with Gasteiger partial charge in [-0.3, -0.25) is 4.79 Å². The Labute approximate surface area is 152 Å². The van der Waals surface area contributed by atoms with E-state index in [9.17, 15) is 4.79 Å². The molecular formula is C19H24N6O. The number of imidazole rings is 1. The lowest BCUT2D eigenvalue weighted by molar-refractivity contribution is -0.120. The second-order valence-electron chi connectivity index (χ2n) is 7.40. The summed E-state index contributed by atoms with van der Waals surface area (Å²) in [5.41, 5.74) is 4.64. The van der Waals surface area contributed by atoms with Gasteiger partial charge < -0.3 is 14.5 Å². The second-order valence-corrected chi connectivity index (χ2v) is 7.40. The van der Waals surface area contributed by atoms with E-state index in [1.807, 2.05) is 13.4 Å². The van der Waals surface area contributed by atoms with Gasteiger partial charge in [0.05, 0.1) is 23.9 Å². The topological polar surface area (TPSA) is 77.6 Å². The van der Waals surface area contributed by atoms with E-state index < -0.39 is 0 Å². The van der Waals surface area contributed by atoms with Gasteiger partial charge in [0.25, 0.3) is 0 Å². The Morgan fingerprint density at radius 1 is 1.23 bits per heavy atom. The monoisotopic (exact) mass is 352 g/mol. The number of benzene rings is 1. The van der Waals surface area contributed by atoms with Crippen LogP contribution in [0.4, 0.5) is 0 Å². The van der Waals surface area contributed by atoms with E-state index in [2.05, 4.69) is 55.6 Å². The number of hydrogen-bond donors (Lipinski definition) is 1. The number of hydrogen-bond acceptors (Lipinski definition) is 4. The number of nitrogens with one attached hydrogen (secondary N) is 1. The lowest BCUT2D eigenvalue weighted by Crippen LogP contribution is -2.43. The molecule has 2 heterocycles. The number of carbonyl (C=O) groups is 1. The first-order chi connectivity index (χ1) is 12.4. The van der Waals surface area contributed by atoms with Crippen molar-refractivity contribution in [1.29, 1.82) is 0 Å². The molecule has 0 aliphatic heterocycles. The zero-order valence-corrected chi connectivity index (χ0v) is 15.7. The van der Waals surface area contributed by atoms with Gasteiger partial charge in [-0.05, 0) is 49.9 Å². The maximum absolute atomic E-state index is 11.1. The summed E-state index contributed by atoms with van der Waals surface area (Å²) in [6, 6.07) is 4.57. The molecule has 7 nitrogen and oxygen atoms in total. The molecule has 136 valence electrons. The number of amides is 1. The van der Waals surface area contributed by atoms with Crippen LogP contribution in [0.3, 0.4) is 0 Å². The van der Waals surface area contributed by atoms with E-state index in [0.29, 0.717) is 12.5 Å². The molecule has 0 atom stereocenters. The van der Waals surface area contributed by atoms with Gasteiger partial charge in [0, 0.05) is 25.9 Å². The van der Waals surface area contributed by atoms with Crippen molar-refractivity contribution >= 4 is 16.9 Å². The third-order valence-electron chi connectivity index (χ3n) is 5.46. The Morgan fingerprint density at radius 3 is 2.69 bits per heavy atom. The smallest absolute Gasteiger partial charge is 0.217 e. The highest BCUT2D eigenvalue weighted by Gasteiger charge is 2.34. The van der Waals surface area contributed by atoms with Crippen molar-refractivity contribution in [2.75, 3.05) is 0 Å². The molecule has 26 heavy (non-hydrogen) atoms. The van der Waals surface area contributed by atoms with Gasteiger partial charge in [0.15, 0.2) is 5.82 Å². The molecule has 1 aliphatic rings. The quantitative estimate of drug-likeness (QED) is 0.781. The van der Waals surface area contributed by atoms with Crippen LogP contribution in [0.15, 0.2) is 18.5 Å². The minimum atomic E-state index is 0.0321. The third-order valence-corrected chi connectivity index (χ3v) is 5.46. The number of rotatable bonds is 4. The average Bonchev–Trinajstić information content (AvgIpc) is 3.09. The maximum atomic E-state index is 11.1. The summed E-state index contributed by atoms with van der Waals surface area (Å²) in [7, 11) is 2.02. The largest absolute Gasteiger partial charge is 0.354 e. The molecule has 1 aliphatic carbocycles. The molecule has 0 spiro atoms. The molecule has 4 rings (SSSR count). The molecule has 7 heteroatoms. The number of nitrogens with zero attached hydrogens (tertiary/aromatic N) is 5. The van der Waals surface area contributed by atoms with E-state index in [1.165, 1.54) is 11.1 Å². The third kappa shape index (κ3) is 2.87. The molecule has 2 aromatic heterocycles. The summed E-state index contributed by atoms with van der Waals surface area (Å²) in [4.78, 5) is 15.7. The van der Waals surface area contributed by atoms with E-state index in [0.717, 1.165) is 35.5 Å². The van der Waals surface area contributed by atoms with Crippen molar-refractivity contribution in [2.45, 2.75) is 52.1 Å². The van der Waals surface area contributed by atoms with Gasteiger partial charge in [-0.1, -0.05) is 0 Å². The zero-order valence-electron chi connectivity index (χ0n) is 15.7. The van der Waals surface area contributed by atoms with E-state index >= 15 is 0 Å². The van der Waals surface area contributed by atoms with Gasteiger partial charge in [0.1, 0.15) is 5.82 Å². The summed E-state index contributed by atoms with van der Waals surface area (Å²) < 4.78 is 4.21. The van der Waals surface area contributed by atoms with Gasteiger partial charge in [-0.15, -0.1) is 10.2 Å². The van der Waals surface area contributed by atoms with Crippen molar-refractivity contribution in [3.05, 3.63) is 41.2 Å². The summed E-state index contributed by atoms with van der Waals surface area (Å²) in [6.07, 6.45) is 3.73. The summed E-state index contributed by atoms with van der Waals surface area (Å²) >= 11 is 0. The van der Waals surface area contributed by atoms with Gasteiger partial charge >= 0.3 is 0 Å². The van der Waals surface area contributed by atoms with Crippen molar-refractivity contribution in [3.8, 4) is 0 Å². The first-order valence-electron chi connectivity index (χ1n) is 8.99. The molecule has 0 radical (unpaired) electrons. The Hall–Kier alpha value is -2.70. The highest BCUT2D eigenvalue weighted by atomic mass is 16.1. The standard InChI is InChI=1S/C19H24N6O/c1-11-5-16-17(6-12(11)2)25(10-20-16)9-18-22-23-19(24(18)4)14-7-15(8-14)21-13(3)26/h5-6,10,14-15H,7-9H2,1-4H3,(H,21,26). The Kier molecular flexibility index (Phi) is 4.01. The molecule has 0 saturated heterocycles. The highest BCUT2D eigenvalue weighted by Crippen LogP contribution is 2.35. The molecule has 3 aromatic rings. The fourth-order valence-electron chi connectivity index (χ4n) is 3.69. The Balaban J connectivity index is 1.53. The van der Waals surface area contributed by atoms with E-state index in [-0.39, 0.29) is 11.9 Å². The van der Waals surface area contributed by atoms with Crippen molar-refractivity contribution in [3.63, 3.8) is 0 Å². The summed E-state index contributed by atoms with van der Waals surface area (Å²) in [6.45, 7) is 6.43. The molecule has 1 aromatic carbocycles. The first kappa shape index (κ1) is 16.8. The van der Waals surface area contributed by atoms with Gasteiger partial charge in [-0.25, -0.2) is 4.98 Å². The minimum absolute atomic E-state index is 0.0321. The number of fused-ring (bicyclic) bond motifs is 1. The van der Waals surface area contributed by atoms with Crippen LogP contribution in [0.5, 0.6) is 0 Å². The molecule has 1 amide bonds. The average molecular weight is 352 g/mol. The summed E-state index contributed by atoms with van der Waals surface area (Å²) in [5, 5.41) is 11.8. The van der Waals surface area contributed by atoms with Crippen LogP contribution in [-0.2, 0) is 18.4 Å². The molecule has 0 unspecified atom stereocenters. The van der Waals surface area contributed by atoms with Crippen LogP contribution < -0.4 is 5.32 Å². The highest BCUT2D eigenvalue weighted by molar-refractivity contribution is 5.77. The SMILES string of the molecule is CC(=O)NC1CC(c2nnc(Cn3cnc4cc(C)c(C)cc43)n2C)C1.